The minimum Gasteiger partial charge on any atom is -0.444 e. The lowest BCUT2D eigenvalue weighted by molar-refractivity contribution is -0.142. The molecule has 4 amide bonds. The van der Waals surface area contributed by atoms with E-state index >= 15 is 0 Å². The van der Waals surface area contributed by atoms with Crippen molar-refractivity contribution < 1.29 is 23.9 Å². The molecule has 9 nitrogen and oxygen atoms in total. The van der Waals surface area contributed by atoms with E-state index in [9.17, 15) is 19.2 Å². The molecule has 1 heterocycles. The lowest BCUT2D eigenvalue weighted by atomic mass is 9.99. The smallest absolute Gasteiger partial charge is 0.408 e. The summed E-state index contributed by atoms with van der Waals surface area (Å²) < 4.78 is 5.26. The Morgan fingerprint density at radius 3 is 2.17 bits per heavy atom. The number of alkyl carbamates (subject to hydrolysis) is 1. The number of hydrogen-bond acceptors (Lipinski definition) is 5. The summed E-state index contributed by atoms with van der Waals surface area (Å²) in [7, 11) is 0. The first-order chi connectivity index (χ1) is 13.7. The minimum atomic E-state index is -0.848. The molecule has 1 fully saturated rings. The average Bonchev–Trinajstić information content (AvgIpc) is 3.05. The zero-order chi connectivity index (χ0) is 23.2. The van der Waals surface area contributed by atoms with Gasteiger partial charge in [-0.3, -0.25) is 14.4 Å². The van der Waals surface area contributed by atoms with Gasteiger partial charge in [0.25, 0.3) is 0 Å². The Morgan fingerprint density at radius 1 is 1.10 bits per heavy atom. The van der Waals surface area contributed by atoms with Crippen LogP contribution >= 0.6 is 0 Å². The van der Waals surface area contributed by atoms with Gasteiger partial charge in [0.1, 0.15) is 23.7 Å². The van der Waals surface area contributed by atoms with Gasteiger partial charge < -0.3 is 26.0 Å². The molecule has 0 aliphatic carbocycles. The van der Waals surface area contributed by atoms with E-state index in [0.717, 1.165) is 0 Å². The third kappa shape index (κ3) is 7.84. The molecule has 1 saturated heterocycles. The molecule has 9 heteroatoms. The maximum absolute atomic E-state index is 13.1. The summed E-state index contributed by atoms with van der Waals surface area (Å²) in [5.74, 6) is -1.42. The van der Waals surface area contributed by atoms with Crippen molar-refractivity contribution in [3.05, 3.63) is 0 Å². The molecular weight excluding hydrogens is 388 g/mol. The number of nitrogens with one attached hydrogen (secondary N) is 2. The van der Waals surface area contributed by atoms with Gasteiger partial charge in [-0.05, 0) is 51.9 Å². The van der Waals surface area contributed by atoms with Crippen molar-refractivity contribution in [2.24, 2.45) is 17.6 Å². The number of hydrogen-bond donors (Lipinski definition) is 3. The number of amides is 4. The lowest BCUT2D eigenvalue weighted by Gasteiger charge is -2.31. The van der Waals surface area contributed by atoms with E-state index in [-0.39, 0.29) is 17.7 Å². The second-order valence-corrected chi connectivity index (χ2v) is 9.65. The number of nitrogens with two attached hydrogens (primary N) is 1. The summed E-state index contributed by atoms with van der Waals surface area (Å²) in [6, 6.07) is -2.33. The van der Waals surface area contributed by atoms with Crippen LogP contribution in [0.4, 0.5) is 4.79 Å². The normalized spacial score (nSPS) is 18.8. The molecule has 0 bridgehead atoms. The molecule has 0 radical (unpaired) electrons. The zero-order valence-corrected chi connectivity index (χ0v) is 19.3. The lowest BCUT2D eigenvalue weighted by Crippen LogP contribution is -2.58. The largest absolute Gasteiger partial charge is 0.444 e. The van der Waals surface area contributed by atoms with Gasteiger partial charge in [-0.15, -0.1) is 0 Å². The van der Waals surface area contributed by atoms with Crippen molar-refractivity contribution in [2.75, 3.05) is 6.54 Å². The number of primary amides is 1. The van der Waals surface area contributed by atoms with Gasteiger partial charge >= 0.3 is 6.09 Å². The first-order valence-corrected chi connectivity index (χ1v) is 10.6. The fourth-order valence-electron chi connectivity index (χ4n) is 3.43. The van der Waals surface area contributed by atoms with Crippen LogP contribution in [0.5, 0.6) is 0 Å². The van der Waals surface area contributed by atoms with E-state index < -0.39 is 41.6 Å². The first-order valence-electron chi connectivity index (χ1n) is 10.6. The highest BCUT2D eigenvalue weighted by atomic mass is 16.6. The Labute approximate surface area is 179 Å². The molecule has 0 saturated carbocycles. The van der Waals surface area contributed by atoms with E-state index in [1.807, 2.05) is 27.7 Å². The number of nitrogens with zero attached hydrogens (tertiary/aromatic N) is 1. The second-order valence-electron chi connectivity index (χ2n) is 9.65. The topological polar surface area (TPSA) is 131 Å². The van der Waals surface area contributed by atoms with Crippen molar-refractivity contribution >= 4 is 23.8 Å². The molecule has 1 aliphatic rings. The van der Waals surface area contributed by atoms with Gasteiger partial charge in [0.05, 0.1) is 0 Å². The summed E-state index contributed by atoms with van der Waals surface area (Å²) in [6.07, 6.45) is 0.909. The van der Waals surface area contributed by atoms with Crippen molar-refractivity contribution in [2.45, 2.75) is 91.5 Å². The van der Waals surface area contributed by atoms with Crippen LogP contribution in [0, 0.1) is 11.8 Å². The second kappa shape index (κ2) is 10.6. The number of likely N-dealkylation sites (tertiary alicyclic amines) is 1. The van der Waals surface area contributed by atoms with Crippen LogP contribution in [-0.4, -0.2) is 59.0 Å². The van der Waals surface area contributed by atoms with Crippen molar-refractivity contribution in [1.82, 2.24) is 15.5 Å². The molecular formula is C21H38N4O5. The summed E-state index contributed by atoms with van der Waals surface area (Å²) >= 11 is 0. The van der Waals surface area contributed by atoms with Crippen molar-refractivity contribution in [3.63, 3.8) is 0 Å². The molecule has 4 N–H and O–H groups in total. The molecule has 0 aromatic heterocycles. The predicted molar refractivity (Wildman–Crippen MR) is 113 cm³/mol. The maximum atomic E-state index is 13.1. The van der Waals surface area contributed by atoms with Crippen LogP contribution in [0.25, 0.3) is 0 Å². The Kier molecular flexibility index (Phi) is 9.11. The first kappa shape index (κ1) is 25.7. The van der Waals surface area contributed by atoms with E-state index in [2.05, 4.69) is 10.6 Å². The Balaban J connectivity index is 2.94. The third-order valence-corrected chi connectivity index (χ3v) is 4.81. The molecule has 0 unspecified atom stereocenters. The molecule has 3 atom stereocenters. The Morgan fingerprint density at radius 2 is 1.70 bits per heavy atom. The van der Waals surface area contributed by atoms with Crippen LogP contribution < -0.4 is 16.4 Å². The van der Waals surface area contributed by atoms with E-state index in [1.54, 1.807) is 20.8 Å². The maximum Gasteiger partial charge on any atom is 0.408 e. The molecule has 1 rings (SSSR count). The van der Waals surface area contributed by atoms with Gasteiger partial charge in [-0.25, -0.2) is 4.79 Å². The standard InChI is InChI=1S/C21H38N4O5/c1-12(2)11-14(23-20(29)30-21(5,6)7)18(27)24-16(13(3)4)19(28)25-10-8-9-15(25)17(22)26/h12-16H,8-11H2,1-7H3,(H2,22,26)(H,23,29)(H,24,27)/t14-,15-,16-/m0/s1. The summed E-state index contributed by atoms with van der Waals surface area (Å²) in [5.41, 5.74) is 4.73. The van der Waals surface area contributed by atoms with Crippen molar-refractivity contribution in [3.8, 4) is 0 Å². The van der Waals surface area contributed by atoms with Gasteiger partial charge in [-0.1, -0.05) is 27.7 Å². The van der Waals surface area contributed by atoms with E-state index in [4.69, 9.17) is 10.5 Å². The van der Waals surface area contributed by atoms with E-state index in [1.165, 1.54) is 4.90 Å². The fraction of sp³-hybridized carbons (Fsp3) is 0.810. The fourth-order valence-corrected chi connectivity index (χ4v) is 3.43. The quantitative estimate of drug-likeness (QED) is 0.542. The Bertz CT molecular complexity index is 642. The number of carbonyl (C=O) groups is 4. The van der Waals surface area contributed by atoms with Gasteiger partial charge in [0.15, 0.2) is 0 Å². The van der Waals surface area contributed by atoms with Gasteiger partial charge in [0.2, 0.25) is 17.7 Å². The molecule has 0 aromatic rings. The molecule has 0 aromatic carbocycles. The van der Waals surface area contributed by atoms with Gasteiger partial charge in [0, 0.05) is 6.54 Å². The average molecular weight is 427 g/mol. The van der Waals surface area contributed by atoms with Gasteiger partial charge in [-0.2, -0.15) is 0 Å². The van der Waals surface area contributed by atoms with Crippen LogP contribution in [0.2, 0.25) is 0 Å². The van der Waals surface area contributed by atoms with E-state index in [0.29, 0.717) is 25.8 Å². The highest BCUT2D eigenvalue weighted by molar-refractivity contribution is 5.94. The number of carbonyl (C=O) groups excluding carboxylic acids is 4. The third-order valence-electron chi connectivity index (χ3n) is 4.81. The molecule has 30 heavy (non-hydrogen) atoms. The molecule has 172 valence electrons. The van der Waals surface area contributed by atoms with Crippen LogP contribution in [-0.2, 0) is 19.1 Å². The monoisotopic (exact) mass is 426 g/mol. The van der Waals surface area contributed by atoms with Crippen molar-refractivity contribution in [1.29, 1.82) is 0 Å². The predicted octanol–water partition coefficient (Wildman–Crippen LogP) is 1.54. The minimum absolute atomic E-state index is 0.127. The zero-order valence-electron chi connectivity index (χ0n) is 19.3. The highest BCUT2D eigenvalue weighted by Crippen LogP contribution is 2.20. The summed E-state index contributed by atoms with van der Waals surface area (Å²) in [5, 5.41) is 5.39. The van der Waals surface area contributed by atoms with Crippen LogP contribution in [0.15, 0.2) is 0 Å². The highest BCUT2D eigenvalue weighted by Gasteiger charge is 2.38. The molecule has 1 aliphatic heterocycles. The van der Waals surface area contributed by atoms with Crippen LogP contribution in [0.3, 0.4) is 0 Å². The van der Waals surface area contributed by atoms with Crippen LogP contribution in [0.1, 0.15) is 67.7 Å². The number of ether oxygens (including phenoxy) is 1. The summed E-state index contributed by atoms with van der Waals surface area (Å²) in [4.78, 5) is 51.4. The molecule has 0 spiro atoms. The summed E-state index contributed by atoms with van der Waals surface area (Å²) in [6.45, 7) is 13.1. The number of rotatable bonds is 8. The SMILES string of the molecule is CC(C)C[C@H](NC(=O)OC(C)(C)C)C(=O)N[C@H](C(=O)N1CCC[C@H]1C(N)=O)C(C)C. The Hall–Kier alpha value is -2.32.